The van der Waals surface area contributed by atoms with Crippen LogP contribution in [0.15, 0.2) is 12.1 Å². The third kappa shape index (κ3) is 4.11. The van der Waals surface area contributed by atoms with E-state index in [2.05, 4.69) is 16.7 Å². The highest BCUT2D eigenvalue weighted by Crippen LogP contribution is 2.49. The Hall–Kier alpha value is -2.32. The Balaban J connectivity index is 2.05. The maximum absolute atomic E-state index is 11.9. The average Bonchev–Trinajstić information content (AvgIpc) is 2.57. The number of hydrogen-bond acceptors (Lipinski definition) is 8. The van der Waals surface area contributed by atoms with Gasteiger partial charge in [0.05, 0.1) is 38.3 Å². The summed E-state index contributed by atoms with van der Waals surface area (Å²) in [5.41, 5.74) is 0.464. The van der Waals surface area contributed by atoms with Gasteiger partial charge in [0.15, 0.2) is 0 Å². The van der Waals surface area contributed by atoms with Crippen LogP contribution in [0.2, 0.25) is 0 Å². The fourth-order valence-electron chi connectivity index (χ4n) is 4.52. The van der Waals surface area contributed by atoms with E-state index in [1.807, 2.05) is 47.6 Å². The fourth-order valence-corrected chi connectivity index (χ4v) is 4.52. The Labute approximate surface area is 177 Å². The van der Waals surface area contributed by atoms with Crippen molar-refractivity contribution in [3.05, 3.63) is 23.3 Å². The number of anilines is 2. The molecule has 2 N–H and O–H groups in total. The summed E-state index contributed by atoms with van der Waals surface area (Å²) in [6.45, 7) is 11.5. The molecule has 0 saturated heterocycles. The lowest BCUT2D eigenvalue weighted by Crippen LogP contribution is -2.52. The lowest BCUT2D eigenvalue weighted by Gasteiger charge is -2.49. The quantitative estimate of drug-likeness (QED) is 0.714. The monoisotopic (exact) mass is 420 g/mol. The molecule has 30 heavy (non-hydrogen) atoms. The Kier molecular flexibility index (Phi) is 5.31. The van der Waals surface area contributed by atoms with Crippen molar-refractivity contribution in [3.8, 4) is 0 Å². The SMILES string of the molecule is COC(=O)CC1(C)Nc2cc3c(cc2C(C)(C)O1)C(C)(C)OC(C)(CC(=O)OC)N3. The molecule has 166 valence electrons. The van der Waals surface area contributed by atoms with Crippen LogP contribution in [0.1, 0.15) is 65.5 Å². The zero-order valence-electron chi connectivity index (χ0n) is 19.0. The highest BCUT2D eigenvalue weighted by molar-refractivity contribution is 5.75. The van der Waals surface area contributed by atoms with Crippen molar-refractivity contribution in [1.29, 1.82) is 0 Å². The summed E-state index contributed by atoms with van der Waals surface area (Å²) in [6, 6.07) is 4.05. The van der Waals surface area contributed by atoms with E-state index in [0.29, 0.717) is 0 Å². The van der Waals surface area contributed by atoms with E-state index < -0.39 is 22.7 Å². The molecule has 1 aromatic rings. The van der Waals surface area contributed by atoms with Crippen molar-refractivity contribution >= 4 is 23.3 Å². The van der Waals surface area contributed by atoms with Gasteiger partial charge in [-0.15, -0.1) is 0 Å². The third-order valence-corrected chi connectivity index (χ3v) is 5.63. The van der Waals surface area contributed by atoms with Crippen molar-refractivity contribution in [1.82, 2.24) is 0 Å². The Bertz CT molecular complexity index is 813. The molecule has 2 aliphatic heterocycles. The van der Waals surface area contributed by atoms with Crippen LogP contribution in [0.25, 0.3) is 0 Å². The summed E-state index contributed by atoms with van der Waals surface area (Å²) in [5, 5.41) is 6.71. The van der Waals surface area contributed by atoms with Gasteiger partial charge in [-0.1, -0.05) is 0 Å². The lowest BCUT2D eigenvalue weighted by atomic mass is 9.84. The largest absolute Gasteiger partial charge is 0.469 e. The van der Waals surface area contributed by atoms with E-state index in [4.69, 9.17) is 18.9 Å². The van der Waals surface area contributed by atoms with Crippen LogP contribution >= 0.6 is 0 Å². The molecule has 2 heterocycles. The van der Waals surface area contributed by atoms with Gasteiger partial charge >= 0.3 is 11.9 Å². The Morgan fingerprint density at radius 1 is 0.767 bits per heavy atom. The molecule has 0 amide bonds. The molecule has 2 aliphatic rings. The van der Waals surface area contributed by atoms with E-state index in [1.165, 1.54) is 14.2 Å². The predicted molar refractivity (Wildman–Crippen MR) is 112 cm³/mol. The summed E-state index contributed by atoms with van der Waals surface area (Å²) >= 11 is 0. The number of nitrogens with one attached hydrogen (secondary N) is 2. The van der Waals surface area contributed by atoms with Gasteiger partial charge in [-0.25, -0.2) is 0 Å². The average molecular weight is 421 g/mol. The van der Waals surface area contributed by atoms with Crippen molar-refractivity contribution < 1.29 is 28.5 Å². The standard InChI is InChI=1S/C22H32N2O6/c1-19(2)13-9-14-16(10-15(13)23-21(5,29-19)11-17(25)27-7)24-22(6,12-18(26)28-8)30-20(14,3)4/h9-10,23-24H,11-12H2,1-8H3. The predicted octanol–water partition coefficient (Wildman–Crippen LogP) is 3.60. The Morgan fingerprint density at radius 3 is 1.47 bits per heavy atom. The summed E-state index contributed by atoms with van der Waals surface area (Å²) in [6.07, 6.45) is 0.122. The number of fused-ring (bicyclic) bond motifs is 2. The zero-order chi connectivity index (χ0) is 22.5. The molecule has 8 nitrogen and oxygen atoms in total. The number of benzene rings is 1. The number of rotatable bonds is 4. The maximum atomic E-state index is 11.9. The normalized spacial score (nSPS) is 28.3. The van der Waals surface area contributed by atoms with Crippen LogP contribution in [0.4, 0.5) is 11.4 Å². The van der Waals surface area contributed by atoms with E-state index in [0.717, 1.165) is 22.5 Å². The first kappa shape index (κ1) is 22.4. The molecule has 0 fully saturated rings. The van der Waals surface area contributed by atoms with Crippen molar-refractivity contribution in [2.45, 2.75) is 77.0 Å². The molecule has 8 heteroatoms. The van der Waals surface area contributed by atoms with E-state index >= 15 is 0 Å². The lowest BCUT2D eigenvalue weighted by molar-refractivity contribution is -0.161. The zero-order valence-corrected chi connectivity index (χ0v) is 19.0. The minimum atomic E-state index is -0.923. The second-order valence-electron chi connectivity index (χ2n) is 9.39. The number of methoxy groups -OCH3 is 2. The van der Waals surface area contributed by atoms with Gasteiger partial charge in [-0.3, -0.25) is 9.59 Å². The van der Waals surface area contributed by atoms with Crippen LogP contribution in [0.5, 0.6) is 0 Å². The third-order valence-electron chi connectivity index (χ3n) is 5.63. The topological polar surface area (TPSA) is 95.1 Å². The number of ether oxygens (including phenoxy) is 4. The maximum Gasteiger partial charge on any atom is 0.310 e. The molecule has 0 radical (unpaired) electrons. The van der Waals surface area contributed by atoms with E-state index in [9.17, 15) is 9.59 Å². The van der Waals surface area contributed by atoms with E-state index in [1.54, 1.807) is 0 Å². The first-order valence-corrected chi connectivity index (χ1v) is 10.0. The molecular formula is C22H32N2O6. The van der Waals surface area contributed by atoms with Crippen LogP contribution in [0.3, 0.4) is 0 Å². The number of esters is 2. The number of carbonyl (C=O) groups is 2. The second kappa shape index (κ2) is 7.13. The molecule has 2 atom stereocenters. The van der Waals surface area contributed by atoms with Crippen LogP contribution in [-0.2, 0) is 39.7 Å². The summed E-state index contributed by atoms with van der Waals surface area (Å²) in [7, 11) is 2.72. The van der Waals surface area contributed by atoms with Gasteiger partial charge in [-0.05, 0) is 53.7 Å². The summed E-state index contributed by atoms with van der Waals surface area (Å²) < 4.78 is 22.3. The molecule has 0 bridgehead atoms. The highest BCUT2D eigenvalue weighted by Gasteiger charge is 2.47. The van der Waals surface area contributed by atoms with Crippen LogP contribution in [0, 0.1) is 0 Å². The minimum absolute atomic E-state index is 0.0611. The van der Waals surface area contributed by atoms with Gasteiger partial charge in [0.2, 0.25) is 0 Å². The van der Waals surface area contributed by atoms with Gasteiger partial charge in [0, 0.05) is 22.5 Å². The minimum Gasteiger partial charge on any atom is -0.469 e. The van der Waals surface area contributed by atoms with Crippen molar-refractivity contribution in [2.75, 3.05) is 24.9 Å². The van der Waals surface area contributed by atoms with E-state index in [-0.39, 0.29) is 24.8 Å². The molecule has 0 aromatic heterocycles. The summed E-state index contributed by atoms with van der Waals surface area (Å²) in [5.74, 6) is -0.721. The first-order chi connectivity index (χ1) is 13.7. The molecule has 0 saturated carbocycles. The van der Waals surface area contributed by atoms with Gasteiger partial charge in [0.1, 0.15) is 11.4 Å². The molecular weight excluding hydrogens is 388 g/mol. The van der Waals surface area contributed by atoms with Crippen molar-refractivity contribution in [2.24, 2.45) is 0 Å². The first-order valence-electron chi connectivity index (χ1n) is 10.0. The second-order valence-corrected chi connectivity index (χ2v) is 9.39. The van der Waals surface area contributed by atoms with Gasteiger partial charge < -0.3 is 29.6 Å². The van der Waals surface area contributed by atoms with Crippen LogP contribution in [-0.4, -0.2) is 37.6 Å². The Morgan fingerprint density at radius 2 is 1.13 bits per heavy atom. The summed E-state index contributed by atoms with van der Waals surface area (Å²) in [4.78, 5) is 23.9. The molecule has 1 aromatic carbocycles. The van der Waals surface area contributed by atoms with Gasteiger partial charge in [0.25, 0.3) is 0 Å². The number of carbonyl (C=O) groups excluding carboxylic acids is 2. The molecule has 0 aliphatic carbocycles. The molecule has 3 rings (SSSR count). The van der Waals surface area contributed by atoms with Crippen molar-refractivity contribution in [3.63, 3.8) is 0 Å². The fraction of sp³-hybridized carbons (Fsp3) is 0.636. The van der Waals surface area contributed by atoms with Crippen LogP contribution < -0.4 is 10.6 Å². The molecule has 2 unspecified atom stereocenters. The number of hydrogen-bond donors (Lipinski definition) is 2. The smallest absolute Gasteiger partial charge is 0.310 e. The van der Waals surface area contributed by atoms with Gasteiger partial charge in [-0.2, -0.15) is 0 Å². The molecule has 0 spiro atoms. The highest BCUT2D eigenvalue weighted by atomic mass is 16.6.